The van der Waals surface area contributed by atoms with Crippen LogP contribution in [0.5, 0.6) is 5.75 Å². The molecule has 1 amide bonds. The summed E-state index contributed by atoms with van der Waals surface area (Å²) < 4.78 is 18.6. The number of primary amides is 1. The molecule has 1 atom stereocenters. The summed E-state index contributed by atoms with van der Waals surface area (Å²) in [6, 6.07) is 15.6. The molecule has 4 N–H and O–H groups in total. The Bertz CT molecular complexity index is 735. The highest BCUT2D eigenvalue weighted by Gasteiger charge is 2.16. The second-order valence-corrected chi connectivity index (χ2v) is 5.97. The molecule has 0 radical (unpaired) electrons. The van der Waals surface area contributed by atoms with E-state index in [1.165, 1.54) is 12.1 Å². The maximum atomic E-state index is 13.0. The van der Waals surface area contributed by atoms with E-state index in [0.29, 0.717) is 32.1 Å². The number of nitrogens with one attached hydrogen (secondary N) is 2. The first-order chi connectivity index (χ1) is 13.1. The molecule has 144 valence electrons. The molecule has 0 aromatic heterocycles. The quantitative estimate of drug-likeness (QED) is 0.355. The van der Waals surface area contributed by atoms with Gasteiger partial charge in [-0.25, -0.2) is 4.39 Å². The summed E-state index contributed by atoms with van der Waals surface area (Å²) in [6.45, 7) is 1.35. The average Bonchev–Trinajstić information content (AvgIpc) is 2.68. The number of benzene rings is 2. The minimum atomic E-state index is -0.436. The molecule has 0 spiro atoms. The number of nitrogens with two attached hydrogens (primary N) is 1. The lowest BCUT2D eigenvalue weighted by Crippen LogP contribution is -2.44. The second-order valence-electron chi connectivity index (χ2n) is 5.97. The molecule has 0 saturated heterocycles. The third-order valence-corrected chi connectivity index (χ3v) is 3.94. The number of halogens is 1. The Morgan fingerprint density at radius 1 is 1.15 bits per heavy atom. The third kappa shape index (κ3) is 7.35. The van der Waals surface area contributed by atoms with Gasteiger partial charge in [-0.1, -0.05) is 30.3 Å². The topological polar surface area (TPSA) is 88.7 Å². The molecule has 2 aromatic rings. The molecule has 0 fully saturated rings. The van der Waals surface area contributed by atoms with E-state index in [-0.39, 0.29) is 5.82 Å². The van der Waals surface area contributed by atoms with Gasteiger partial charge in [0, 0.05) is 13.6 Å². The minimum absolute atomic E-state index is 0.310. The zero-order valence-electron chi connectivity index (χ0n) is 15.3. The van der Waals surface area contributed by atoms with Crippen LogP contribution in [0.15, 0.2) is 59.6 Å². The number of carbonyl (C=O) groups excluding carboxylic acids is 1. The largest absolute Gasteiger partial charge is 0.492 e. The van der Waals surface area contributed by atoms with Crippen molar-refractivity contribution in [2.75, 3.05) is 26.7 Å². The number of nitrogens with zero attached hydrogens (tertiary/aromatic N) is 1. The van der Waals surface area contributed by atoms with Gasteiger partial charge in [0.05, 0.1) is 12.5 Å². The molecular formula is C20H25FN4O2. The maximum Gasteiger partial charge on any atom is 0.222 e. The Morgan fingerprint density at radius 2 is 1.85 bits per heavy atom. The normalized spacial score (nSPS) is 12.3. The summed E-state index contributed by atoms with van der Waals surface area (Å²) in [7, 11) is 1.65. The van der Waals surface area contributed by atoms with Crippen molar-refractivity contribution in [2.45, 2.75) is 6.42 Å². The number of ether oxygens (including phenoxy) is 1. The minimum Gasteiger partial charge on any atom is -0.492 e. The number of amides is 1. The van der Waals surface area contributed by atoms with Gasteiger partial charge in [0.15, 0.2) is 5.96 Å². The van der Waals surface area contributed by atoms with E-state index in [4.69, 9.17) is 10.5 Å². The highest BCUT2D eigenvalue weighted by atomic mass is 19.1. The Morgan fingerprint density at radius 3 is 2.48 bits per heavy atom. The van der Waals surface area contributed by atoms with Gasteiger partial charge >= 0.3 is 0 Å². The van der Waals surface area contributed by atoms with Crippen molar-refractivity contribution in [3.63, 3.8) is 0 Å². The number of rotatable bonds is 9. The summed E-state index contributed by atoms with van der Waals surface area (Å²) in [4.78, 5) is 15.8. The molecule has 1 unspecified atom stereocenters. The van der Waals surface area contributed by atoms with Crippen molar-refractivity contribution in [3.8, 4) is 5.75 Å². The van der Waals surface area contributed by atoms with E-state index >= 15 is 0 Å². The zero-order valence-corrected chi connectivity index (χ0v) is 15.3. The lowest BCUT2D eigenvalue weighted by Gasteiger charge is -2.17. The second kappa shape index (κ2) is 10.8. The van der Waals surface area contributed by atoms with Crippen molar-refractivity contribution in [1.82, 2.24) is 10.6 Å². The predicted octanol–water partition coefficient (Wildman–Crippen LogP) is 1.71. The first-order valence-corrected chi connectivity index (χ1v) is 8.74. The third-order valence-electron chi connectivity index (χ3n) is 3.94. The molecule has 2 aromatic carbocycles. The van der Waals surface area contributed by atoms with Crippen LogP contribution >= 0.6 is 0 Å². The Balaban J connectivity index is 1.76. The first kappa shape index (κ1) is 20.2. The van der Waals surface area contributed by atoms with Crippen molar-refractivity contribution in [3.05, 3.63) is 66.0 Å². The van der Waals surface area contributed by atoms with Crippen LogP contribution in [0.1, 0.15) is 5.56 Å². The number of hydrogen-bond acceptors (Lipinski definition) is 3. The summed E-state index contributed by atoms with van der Waals surface area (Å²) in [5, 5.41) is 6.21. The molecule has 7 heteroatoms. The lowest BCUT2D eigenvalue weighted by molar-refractivity contribution is -0.121. The fourth-order valence-corrected chi connectivity index (χ4v) is 2.47. The fourth-order valence-electron chi connectivity index (χ4n) is 2.47. The van der Waals surface area contributed by atoms with Crippen molar-refractivity contribution in [1.29, 1.82) is 0 Å². The molecule has 0 bridgehead atoms. The van der Waals surface area contributed by atoms with Crippen LogP contribution in [0.4, 0.5) is 4.39 Å². The van der Waals surface area contributed by atoms with Gasteiger partial charge in [0.1, 0.15) is 18.2 Å². The molecule has 6 nitrogen and oxygen atoms in total. The van der Waals surface area contributed by atoms with Crippen LogP contribution in [0, 0.1) is 11.7 Å². The molecule has 2 rings (SSSR count). The van der Waals surface area contributed by atoms with Gasteiger partial charge in [0.25, 0.3) is 0 Å². The number of para-hydroxylation sites is 1. The van der Waals surface area contributed by atoms with Gasteiger partial charge in [-0.05, 0) is 36.2 Å². The molecular weight excluding hydrogens is 347 g/mol. The number of hydrogen-bond donors (Lipinski definition) is 3. The van der Waals surface area contributed by atoms with E-state index in [1.807, 2.05) is 30.3 Å². The van der Waals surface area contributed by atoms with Gasteiger partial charge in [-0.15, -0.1) is 0 Å². The Hall–Kier alpha value is -3.09. The Kier molecular flexibility index (Phi) is 8.09. The standard InChI is InChI=1S/C20H25FN4O2/c1-23-20(24-11-12-27-18-5-3-2-4-6-18)25-14-16(19(22)26)13-15-7-9-17(21)10-8-15/h2-10,16H,11-14H2,1H3,(H2,22,26)(H2,23,24,25). The van der Waals surface area contributed by atoms with E-state index < -0.39 is 11.8 Å². The SMILES string of the molecule is CN=C(NCCOc1ccccc1)NCC(Cc1ccc(F)cc1)C(N)=O. The molecule has 0 heterocycles. The smallest absolute Gasteiger partial charge is 0.222 e. The Labute approximate surface area is 158 Å². The summed E-state index contributed by atoms with van der Waals surface area (Å²) in [6.07, 6.45) is 0.427. The van der Waals surface area contributed by atoms with Gasteiger partial charge in [-0.3, -0.25) is 9.79 Å². The predicted molar refractivity (Wildman–Crippen MR) is 104 cm³/mol. The van der Waals surface area contributed by atoms with Crippen LogP contribution in [-0.2, 0) is 11.2 Å². The van der Waals surface area contributed by atoms with Gasteiger partial charge in [0.2, 0.25) is 5.91 Å². The monoisotopic (exact) mass is 372 g/mol. The van der Waals surface area contributed by atoms with Crippen LogP contribution < -0.4 is 21.1 Å². The number of guanidine groups is 1. The van der Waals surface area contributed by atoms with E-state index in [1.54, 1.807) is 19.2 Å². The van der Waals surface area contributed by atoms with Crippen molar-refractivity contribution >= 4 is 11.9 Å². The maximum absolute atomic E-state index is 13.0. The van der Waals surface area contributed by atoms with Gasteiger partial charge < -0.3 is 21.1 Å². The van der Waals surface area contributed by atoms with Crippen molar-refractivity contribution in [2.24, 2.45) is 16.6 Å². The first-order valence-electron chi connectivity index (χ1n) is 8.74. The summed E-state index contributed by atoms with van der Waals surface area (Å²) in [5.41, 5.74) is 6.34. The molecule has 0 saturated carbocycles. The van der Waals surface area contributed by atoms with E-state index in [0.717, 1.165) is 11.3 Å². The fraction of sp³-hybridized carbons (Fsp3) is 0.300. The molecule has 0 aliphatic rings. The molecule has 0 aliphatic carbocycles. The average molecular weight is 372 g/mol. The highest BCUT2D eigenvalue weighted by molar-refractivity contribution is 5.81. The van der Waals surface area contributed by atoms with E-state index in [9.17, 15) is 9.18 Å². The molecule has 27 heavy (non-hydrogen) atoms. The number of carbonyl (C=O) groups is 1. The van der Waals surface area contributed by atoms with E-state index in [2.05, 4.69) is 15.6 Å². The van der Waals surface area contributed by atoms with Crippen molar-refractivity contribution < 1.29 is 13.9 Å². The van der Waals surface area contributed by atoms with Crippen LogP contribution in [-0.4, -0.2) is 38.6 Å². The van der Waals surface area contributed by atoms with Crippen LogP contribution in [0.25, 0.3) is 0 Å². The lowest BCUT2D eigenvalue weighted by atomic mass is 9.98. The number of aliphatic imine (C=N–C) groups is 1. The highest BCUT2D eigenvalue weighted by Crippen LogP contribution is 2.10. The summed E-state index contributed by atoms with van der Waals surface area (Å²) in [5.74, 6) is 0.187. The van der Waals surface area contributed by atoms with Crippen LogP contribution in [0.2, 0.25) is 0 Å². The summed E-state index contributed by atoms with van der Waals surface area (Å²) >= 11 is 0. The van der Waals surface area contributed by atoms with Gasteiger partial charge in [-0.2, -0.15) is 0 Å². The van der Waals surface area contributed by atoms with Crippen LogP contribution in [0.3, 0.4) is 0 Å². The molecule has 0 aliphatic heterocycles. The zero-order chi connectivity index (χ0) is 19.5.